The molecular formula is C40H78N2O2. The molecule has 2 amide bonds. The van der Waals surface area contributed by atoms with Crippen LogP contribution in [0, 0.1) is 5.92 Å². The molecule has 0 aliphatic rings. The zero-order valence-electron chi connectivity index (χ0n) is 30.3. The van der Waals surface area contributed by atoms with Crippen molar-refractivity contribution in [2.45, 2.75) is 220 Å². The minimum atomic E-state index is 0.205. The summed E-state index contributed by atoms with van der Waals surface area (Å²) in [6.07, 6.45) is 40.1. The van der Waals surface area contributed by atoms with Gasteiger partial charge >= 0.3 is 0 Å². The van der Waals surface area contributed by atoms with Crippen LogP contribution < -0.4 is 10.6 Å². The number of nitrogens with one attached hydrogen (secondary N) is 2. The molecule has 0 aliphatic heterocycles. The highest BCUT2D eigenvalue weighted by atomic mass is 16.2. The van der Waals surface area contributed by atoms with Crippen molar-refractivity contribution in [3.8, 4) is 0 Å². The Kier molecular flexibility index (Phi) is 33.5. The number of carbonyl (C=O) groups excluding carboxylic acids is 2. The van der Waals surface area contributed by atoms with Crippen LogP contribution in [-0.2, 0) is 9.59 Å². The lowest BCUT2D eigenvalue weighted by Gasteiger charge is -2.22. The molecule has 1 atom stereocenters. The quantitative estimate of drug-likeness (QED) is 0.0557. The van der Waals surface area contributed by atoms with Crippen LogP contribution in [0.4, 0.5) is 0 Å². The minimum Gasteiger partial charge on any atom is -0.356 e. The second kappa shape index (κ2) is 34.6. The largest absolute Gasteiger partial charge is 0.356 e. The molecule has 0 saturated heterocycles. The van der Waals surface area contributed by atoms with Gasteiger partial charge in [0.2, 0.25) is 11.8 Å². The van der Waals surface area contributed by atoms with Crippen LogP contribution in [-0.4, -0.2) is 24.4 Å². The second-order valence-corrected chi connectivity index (χ2v) is 13.9. The summed E-state index contributed by atoms with van der Waals surface area (Å²) in [4.78, 5) is 24.7. The SMILES string of the molecule is CCCC/C=C\CCCCCCCC(=O)N[C@@H](CCCCNC(=O)CCCCCCCCCCCCCCCCC)C(C)C. The Labute approximate surface area is 276 Å². The van der Waals surface area contributed by atoms with Crippen molar-refractivity contribution >= 4 is 11.8 Å². The fraction of sp³-hybridized carbons (Fsp3) is 0.900. The van der Waals surface area contributed by atoms with E-state index in [1.807, 2.05) is 0 Å². The van der Waals surface area contributed by atoms with Crippen molar-refractivity contribution in [3.63, 3.8) is 0 Å². The van der Waals surface area contributed by atoms with Gasteiger partial charge in [-0.1, -0.05) is 162 Å². The summed E-state index contributed by atoms with van der Waals surface area (Å²) in [7, 11) is 0. The van der Waals surface area contributed by atoms with Gasteiger partial charge in [0, 0.05) is 25.4 Å². The molecule has 0 aromatic carbocycles. The standard InChI is InChI=1S/C40H78N2O2/c1-5-7-9-11-13-15-17-18-19-20-22-23-25-27-29-34-39(43)41-36-32-31-33-38(37(3)4)42-40(44)35-30-28-26-24-21-16-14-12-10-8-6-2/h12,14,37-38H,5-11,13,15-36H2,1-4H3,(H,41,43)(H,42,44)/b14-12-/t38-/m0/s1. The number of hydrogen-bond donors (Lipinski definition) is 2. The average molecular weight is 619 g/mol. The molecule has 0 saturated carbocycles. The van der Waals surface area contributed by atoms with Gasteiger partial charge in [0.15, 0.2) is 0 Å². The molecule has 0 rings (SSSR count). The summed E-state index contributed by atoms with van der Waals surface area (Å²) in [5, 5.41) is 6.40. The van der Waals surface area contributed by atoms with Crippen LogP contribution in [0.1, 0.15) is 214 Å². The zero-order valence-corrected chi connectivity index (χ0v) is 30.3. The molecule has 0 spiro atoms. The van der Waals surface area contributed by atoms with E-state index in [0.29, 0.717) is 18.8 Å². The molecule has 0 heterocycles. The van der Waals surface area contributed by atoms with Crippen molar-refractivity contribution in [1.82, 2.24) is 10.6 Å². The zero-order chi connectivity index (χ0) is 32.4. The molecule has 0 bridgehead atoms. The van der Waals surface area contributed by atoms with E-state index in [2.05, 4.69) is 50.5 Å². The molecule has 2 N–H and O–H groups in total. The Morgan fingerprint density at radius 1 is 0.500 bits per heavy atom. The predicted octanol–water partition coefficient (Wildman–Crippen LogP) is 12.2. The van der Waals surface area contributed by atoms with Crippen LogP contribution in [0.3, 0.4) is 0 Å². The van der Waals surface area contributed by atoms with Crippen LogP contribution in [0.5, 0.6) is 0 Å². The molecular weight excluding hydrogens is 540 g/mol. The summed E-state index contributed by atoms with van der Waals surface area (Å²) in [6.45, 7) is 9.67. The van der Waals surface area contributed by atoms with Crippen molar-refractivity contribution in [2.24, 2.45) is 5.92 Å². The fourth-order valence-corrected chi connectivity index (χ4v) is 5.95. The first-order valence-electron chi connectivity index (χ1n) is 19.7. The molecule has 44 heavy (non-hydrogen) atoms. The highest BCUT2D eigenvalue weighted by Gasteiger charge is 2.15. The maximum atomic E-state index is 12.5. The smallest absolute Gasteiger partial charge is 0.220 e. The van der Waals surface area contributed by atoms with E-state index >= 15 is 0 Å². The highest BCUT2D eigenvalue weighted by molar-refractivity contribution is 5.76. The highest BCUT2D eigenvalue weighted by Crippen LogP contribution is 2.15. The lowest BCUT2D eigenvalue weighted by Crippen LogP contribution is -2.38. The normalized spacial score (nSPS) is 12.3. The third kappa shape index (κ3) is 32.1. The molecule has 0 radical (unpaired) electrons. The van der Waals surface area contributed by atoms with Gasteiger partial charge in [0.25, 0.3) is 0 Å². The van der Waals surface area contributed by atoms with Gasteiger partial charge in [-0.15, -0.1) is 0 Å². The minimum absolute atomic E-state index is 0.205. The maximum Gasteiger partial charge on any atom is 0.220 e. The van der Waals surface area contributed by atoms with Gasteiger partial charge in [-0.3, -0.25) is 9.59 Å². The van der Waals surface area contributed by atoms with Gasteiger partial charge < -0.3 is 10.6 Å². The average Bonchev–Trinajstić information content (AvgIpc) is 3.00. The lowest BCUT2D eigenvalue weighted by molar-refractivity contribution is -0.122. The van der Waals surface area contributed by atoms with E-state index < -0.39 is 0 Å². The molecule has 4 nitrogen and oxygen atoms in total. The van der Waals surface area contributed by atoms with Crippen LogP contribution in [0.15, 0.2) is 12.2 Å². The predicted molar refractivity (Wildman–Crippen MR) is 194 cm³/mol. The summed E-state index contributed by atoms with van der Waals surface area (Å²) >= 11 is 0. The van der Waals surface area contributed by atoms with E-state index in [1.54, 1.807) is 0 Å². The van der Waals surface area contributed by atoms with Crippen LogP contribution >= 0.6 is 0 Å². The van der Waals surface area contributed by atoms with Gasteiger partial charge in [-0.25, -0.2) is 0 Å². The molecule has 0 fully saturated rings. The number of hydrogen-bond acceptors (Lipinski definition) is 2. The van der Waals surface area contributed by atoms with Crippen LogP contribution in [0.25, 0.3) is 0 Å². The van der Waals surface area contributed by atoms with Crippen molar-refractivity contribution < 1.29 is 9.59 Å². The van der Waals surface area contributed by atoms with Crippen molar-refractivity contribution in [1.29, 1.82) is 0 Å². The van der Waals surface area contributed by atoms with Crippen molar-refractivity contribution in [3.05, 3.63) is 12.2 Å². The van der Waals surface area contributed by atoms with E-state index in [-0.39, 0.29) is 17.9 Å². The summed E-state index contributed by atoms with van der Waals surface area (Å²) < 4.78 is 0. The Morgan fingerprint density at radius 2 is 0.932 bits per heavy atom. The first-order valence-corrected chi connectivity index (χ1v) is 19.7. The number of rotatable bonds is 34. The monoisotopic (exact) mass is 619 g/mol. The van der Waals surface area contributed by atoms with E-state index in [0.717, 1.165) is 45.1 Å². The third-order valence-corrected chi connectivity index (χ3v) is 9.09. The van der Waals surface area contributed by atoms with Crippen LogP contribution in [0.2, 0.25) is 0 Å². The Balaban J connectivity index is 3.60. The fourth-order valence-electron chi connectivity index (χ4n) is 5.95. The first kappa shape index (κ1) is 42.7. The van der Waals surface area contributed by atoms with Gasteiger partial charge in [-0.2, -0.15) is 0 Å². The molecule has 0 aliphatic carbocycles. The molecule has 0 unspecified atom stereocenters. The Morgan fingerprint density at radius 3 is 1.43 bits per heavy atom. The summed E-state index contributed by atoms with van der Waals surface area (Å²) in [6, 6.07) is 0.234. The number of amides is 2. The van der Waals surface area contributed by atoms with E-state index in [4.69, 9.17) is 0 Å². The topological polar surface area (TPSA) is 58.2 Å². The number of unbranched alkanes of at least 4 members (excludes halogenated alkanes) is 22. The number of allylic oxidation sites excluding steroid dienone is 2. The lowest BCUT2D eigenvalue weighted by atomic mass is 9.98. The Bertz CT molecular complexity index is 645. The van der Waals surface area contributed by atoms with Gasteiger partial charge in [0.05, 0.1) is 0 Å². The molecule has 0 aromatic rings. The third-order valence-electron chi connectivity index (χ3n) is 9.09. The number of carbonyl (C=O) groups is 2. The first-order chi connectivity index (χ1) is 21.5. The van der Waals surface area contributed by atoms with Gasteiger partial charge in [0.1, 0.15) is 0 Å². The molecule has 0 aromatic heterocycles. The van der Waals surface area contributed by atoms with Gasteiger partial charge in [-0.05, 0) is 57.3 Å². The Hall–Kier alpha value is -1.32. The molecule has 260 valence electrons. The summed E-state index contributed by atoms with van der Waals surface area (Å²) in [5.41, 5.74) is 0. The van der Waals surface area contributed by atoms with E-state index in [9.17, 15) is 9.59 Å². The molecule has 4 heteroatoms. The maximum absolute atomic E-state index is 12.5. The van der Waals surface area contributed by atoms with Crippen molar-refractivity contribution in [2.75, 3.05) is 6.54 Å². The van der Waals surface area contributed by atoms with E-state index in [1.165, 1.54) is 135 Å². The summed E-state index contributed by atoms with van der Waals surface area (Å²) in [5.74, 6) is 0.847. The second-order valence-electron chi connectivity index (χ2n) is 13.9.